The van der Waals surface area contributed by atoms with Gasteiger partial charge in [-0.2, -0.15) is 21.2 Å². The maximum absolute atomic E-state index is 13.3. The number of rotatable bonds is 5. The molecule has 2 aliphatic rings. The largest absolute Gasteiger partial charge is 0.377 e. The van der Waals surface area contributed by atoms with Crippen LogP contribution in [0.25, 0.3) is 0 Å². The fourth-order valence-electron chi connectivity index (χ4n) is 3.20. The number of aryl methyl sites for hydroxylation is 2. The zero-order valence-electron chi connectivity index (χ0n) is 13.4. The van der Waals surface area contributed by atoms with Crippen LogP contribution in [0.15, 0.2) is 4.90 Å². The summed E-state index contributed by atoms with van der Waals surface area (Å²) in [5, 5.41) is 4.33. The molecule has 2 unspecified atom stereocenters. The summed E-state index contributed by atoms with van der Waals surface area (Å²) in [6.45, 7) is 2.80. The second kappa shape index (κ2) is 6.92. The van der Waals surface area contributed by atoms with Crippen molar-refractivity contribution in [2.24, 2.45) is 7.05 Å². The predicted molar refractivity (Wildman–Crippen MR) is 91.6 cm³/mol. The molecule has 0 aliphatic carbocycles. The monoisotopic (exact) mass is 379 g/mol. The number of hydrogen-bond donors (Lipinski definition) is 0. The number of thioether (sulfide) groups is 1. The van der Waals surface area contributed by atoms with Crippen LogP contribution in [0.2, 0.25) is 5.15 Å². The topological polar surface area (TPSA) is 64.4 Å². The van der Waals surface area contributed by atoms with Gasteiger partial charge in [0, 0.05) is 32.0 Å². The Balaban J connectivity index is 1.96. The van der Waals surface area contributed by atoms with Crippen LogP contribution in [-0.2, 0) is 21.8 Å². The number of halogens is 1. The third-order valence-corrected chi connectivity index (χ3v) is 8.15. The summed E-state index contributed by atoms with van der Waals surface area (Å²) in [7, 11) is -2.03. The van der Waals surface area contributed by atoms with Crippen molar-refractivity contribution in [1.29, 1.82) is 0 Å². The van der Waals surface area contributed by atoms with E-state index in [2.05, 4.69) is 5.10 Å². The van der Waals surface area contributed by atoms with Crippen LogP contribution in [0.4, 0.5) is 0 Å². The molecule has 3 rings (SSSR count). The Labute approximate surface area is 146 Å². The van der Waals surface area contributed by atoms with Crippen LogP contribution in [0, 0.1) is 6.92 Å². The normalized spacial score (nSPS) is 25.6. The van der Waals surface area contributed by atoms with Gasteiger partial charge in [-0.25, -0.2) is 8.42 Å². The number of aromatic nitrogens is 2. The summed E-state index contributed by atoms with van der Waals surface area (Å²) in [6.07, 6.45) is 2.75. The lowest BCUT2D eigenvalue weighted by atomic mass is 10.2. The van der Waals surface area contributed by atoms with E-state index in [0.717, 1.165) is 30.8 Å². The van der Waals surface area contributed by atoms with Crippen LogP contribution in [0.3, 0.4) is 0 Å². The van der Waals surface area contributed by atoms with Crippen LogP contribution in [0.1, 0.15) is 25.0 Å². The van der Waals surface area contributed by atoms with E-state index in [-0.39, 0.29) is 22.2 Å². The average molecular weight is 380 g/mol. The summed E-state index contributed by atoms with van der Waals surface area (Å²) in [5.74, 6) is 1.81. The number of ether oxygens (including phenoxy) is 1. The maximum atomic E-state index is 13.3. The van der Waals surface area contributed by atoms with Crippen molar-refractivity contribution in [2.45, 2.75) is 43.2 Å². The minimum atomic E-state index is -3.69. The lowest BCUT2D eigenvalue weighted by Gasteiger charge is -2.29. The van der Waals surface area contributed by atoms with Crippen molar-refractivity contribution >= 4 is 33.4 Å². The van der Waals surface area contributed by atoms with Gasteiger partial charge in [-0.3, -0.25) is 4.68 Å². The molecule has 0 amide bonds. The molecule has 0 bridgehead atoms. The molecule has 1 aromatic heterocycles. The van der Waals surface area contributed by atoms with E-state index in [4.69, 9.17) is 16.3 Å². The smallest absolute Gasteiger partial charge is 0.248 e. The maximum Gasteiger partial charge on any atom is 0.248 e. The second-order valence-corrected chi connectivity index (χ2v) is 9.39. The van der Waals surface area contributed by atoms with E-state index in [1.807, 2.05) is 0 Å². The second-order valence-electron chi connectivity index (χ2n) is 6.06. The van der Waals surface area contributed by atoms with Gasteiger partial charge in [-0.1, -0.05) is 11.6 Å². The molecular formula is C14H22ClN3O3S2. The summed E-state index contributed by atoms with van der Waals surface area (Å²) in [5.41, 5.74) is 0.445. The van der Waals surface area contributed by atoms with Crippen molar-refractivity contribution in [3.63, 3.8) is 0 Å². The first-order valence-corrected chi connectivity index (χ1v) is 10.8. The number of hydrogen-bond acceptors (Lipinski definition) is 5. The summed E-state index contributed by atoms with van der Waals surface area (Å²) >= 11 is 8.02. The van der Waals surface area contributed by atoms with Crippen LogP contribution < -0.4 is 0 Å². The van der Waals surface area contributed by atoms with E-state index in [0.29, 0.717) is 18.8 Å². The highest BCUT2D eigenvalue weighted by Gasteiger charge is 2.39. The highest BCUT2D eigenvalue weighted by atomic mass is 35.5. The zero-order valence-corrected chi connectivity index (χ0v) is 15.8. The molecule has 0 radical (unpaired) electrons. The Kier molecular flexibility index (Phi) is 5.27. The Morgan fingerprint density at radius 1 is 1.48 bits per heavy atom. The highest BCUT2D eigenvalue weighted by molar-refractivity contribution is 7.99. The Morgan fingerprint density at radius 2 is 2.26 bits per heavy atom. The number of nitrogens with zero attached hydrogens (tertiary/aromatic N) is 3. The standard InChI is InChI=1S/C14H22ClN3O3S2/c1-10-13(14(15)17(2)16-10)23(19,20)18(11-5-7-22-9-11)8-12-4-3-6-21-12/h11-12H,3-9H2,1-2H3. The van der Waals surface area contributed by atoms with Gasteiger partial charge in [0.25, 0.3) is 0 Å². The molecule has 2 fully saturated rings. The minimum Gasteiger partial charge on any atom is -0.377 e. The molecule has 3 heterocycles. The van der Waals surface area contributed by atoms with Crippen molar-refractivity contribution in [3.8, 4) is 0 Å². The van der Waals surface area contributed by atoms with E-state index < -0.39 is 10.0 Å². The van der Waals surface area contributed by atoms with Gasteiger partial charge in [0.2, 0.25) is 10.0 Å². The van der Waals surface area contributed by atoms with Crippen LogP contribution in [-0.4, -0.2) is 59.3 Å². The fraction of sp³-hybridized carbons (Fsp3) is 0.786. The molecule has 6 nitrogen and oxygen atoms in total. The molecule has 0 N–H and O–H groups in total. The molecule has 2 saturated heterocycles. The van der Waals surface area contributed by atoms with E-state index in [9.17, 15) is 8.42 Å². The van der Waals surface area contributed by atoms with E-state index >= 15 is 0 Å². The van der Waals surface area contributed by atoms with Crippen molar-refractivity contribution in [1.82, 2.24) is 14.1 Å². The van der Waals surface area contributed by atoms with E-state index in [1.54, 1.807) is 30.0 Å². The number of sulfonamides is 1. The average Bonchev–Trinajstić information content (AvgIpc) is 3.20. The molecule has 0 spiro atoms. The first-order valence-electron chi connectivity index (χ1n) is 7.81. The van der Waals surface area contributed by atoms with E-state index in [1.165, 1.54) is 4.68 Å². The van der Waals surface area contributed by atoms with Crippen molar-refractivity contribution in [2.75, 3.05) is 24.7 Å². The van der Waals surface area contributed by atoms with Gasteiger partial charge < -0.3 is 4.74 Å². The first-order chi connectivity index (χ1) is 10.9. The molecule has 23 heavy (non-hydrogen) atoms. The summed E-state index contributed by atoms with van der Waals surface area (Å²) < 4.78 is 35.3. The molecule has 0 saturated carbocycles. The van der Waals surface area contributed by atoms with Gasteiger partial charge in [0.15, 0.2) is 0 Å². The zero-order chi connectivity index (χ0) is 16.6. The van der Waals surface area contributed by atoms with Gasteiger partial charge in [-0.15, -0.1) is 0 Å². The van der Waals surface area contributed by atoms with Crippen LogP contribution >= 0.6 is 23.4 Å². The third kappa shape index (κ3) is 3.42. The van der Waals surface area contributed by atoms with Gasteiger partial charge in [0.1, 0.15) is 10.0 Å². The molecule has 2 atom stereocenters. The predicted octanol–water partition coefficient (Wildman–Crippen LogP) is 2.06. The molecule has 130 valence electrons. The lowest BCUT2D eigenvalue weighted by molar-refractivity contribution is 0.0877. The SMILES string of the molecule is Cc1nn(C)c(Cl)c1S(=O)(=O)N(CC1CCCO1)C1CCSC1. The third-order valence-electron chi connectivity index (χ3n) is 4.39. The molecular weight excluding hydrogens is 358 g/mol. The minimum absolute atomic E-state index is 0.00451. The Bertz CT molecular complexity index is 665. The van der Waals surface area contributed by atoms with Gasteiger partial charge >= 0.3 is 0 Å². The summed E-state index contributed by atoms with van der Waals surface area (Å²) in [6, 6.07) is 0.00451. The van der Waals surface area contributed by atoms with Crippen molar-refractivity contribution < 1.29 is 13.2 Å². The Morgan fingerprint density at radius 3 is 2.78 bits per heavy atom. The molecule has 1 aromatic rings. The quantitative estimate of drug-likeness (QED) is 0.783. The highest BCUT2D eigenvalue weighted by Crippen LogP contribution is 2.33. The molecule has 9 heteroatoms. The van der Waals surface area contributed by atoms with Crippen LogP contribution in [0.5, 0.6) is 0 Å². The first kappa shape index (κ1) is 17.5. The lowest BCUT2D eigenvalue weighted by Crippen LogP contribution is -2.44. The van der Waals surface area contributed by atoms with Gasteiger partial charge in [-0.05, 0) is 31.9 Å². The van der Waals surface area contributed by atoms with Crippen molar-refractivity contribution in [3.05, 3.63) is 10.8 Å². The molecule has 0 aromatic carbocycles. The van der Waals surface area contributed by atoms with Gasteiger partial charge in [0.05, 0.1) is 11.8 Å². The fourth-order valence-corrected chi connectivity index (χ4v) is 6.92. The molecule has 2 aliphatic heterocycles. The summed E-state index contributed by atoms with van der Waals surface area (Å²) in [4.78, 5) is 0.136. The Hall–Kier alpha value is -0.280.